The van der Waals surface area contributed by atoms with Gasteiger partial charge in [-0.05, 0) is 38.1 Å². The molecule has 3 aromatic rings. The minimum Gasteiger partial charge on any atom is -0.295 e. The number of nitrogens with zero attached hydrogens (tertiary/aromatic N) is 2. The zero-order valence-electron chi connectivity index (χ0n) is 12.6. The molecule has 0 saturated heterocycles. The van der Waals surface area contributed by atoms with Crippen molar-refractivity contribution in [2.75, 3.05) is 0 Å². The number of aliphatic imine (C=N–C) groups is 1. The topological polar surface area (TPSA) is 50.1 Å². The van der Waals surface area contributed by atoms with Crippen LogP contribution in [0.15, 0.2) is 70.5 Å². The normalized spacial score (nSPS) is 11.6. The number of para-hydroxylation sites is 2. The van der Waals surface area contributed by atoms with Gasteiger partial charge in [0, 0.05) is 5.69 Å². The Balaban J connectivity index is 2.08. The molecule has 2 aromatic carbocycles. The smallest absolute Gasteiger partial charge is 0.280 e. The van der Waals surface area contributed by atoms with Gasteiger partial charge in [0.25, 0.3) is 5.56 Å². The zero-order valence-corrected chi connectivity index (χ0v) is 12.6. The van der Waals surface area contributed by atoms with E-state index in [1.54, 1.807) is 4.68 Å². The van der Waals surface area contributed by atoms with Crippen LogP contribution in [0.3, 0.4) is 0 Å². The van der Waals surface area contributed by atoms with Gasteiger partial charge in [-0.2, -0.15) is 0 Å². The highest BCUT2D eigenvalue weighted by Crippen LogP contribution is 2.14. The first-order valence-electron chi connectivity index (χ1n) is 7.14. The molecule has 0 bridgehead atoms. The van der Waals surface area contributed by atoms with Crippen molar-refractivity contribution in [1.82, 2.24) is 9.78 Å². The molecule has 1 heterocycles. The van der Waals surface area contributed by atoms with E-state index in [0.717, 1.165) is 17.1 Å². The molecular weight excluding hydrogens is 274 g/mol. The SMILES string of the molecule is CC(=Nc1ccccc1)c1c(C)[nH]n(-c2ccccc2)c1=O. The van der Waals surface area contributed by atoms with Crippen LogP contribution < -0.4 is 5.56 Å². The third-order valence-electron chi connectivity index (χ3n) is 3.50. The number of aryl methyl sites for hydroxylation is 1. The first-order chi connectivity index (χ1) is 10.7. The van der Waals surface area contributed by atoms with Crippen LogP contribution in [0.1, 0.15) is 18.2 Å². The molecule has 0 radical (unpaired) electrons. The van der Waals surface area contributed by atoms with Crippen LogP contribution in [-0.2, 0) is 0 Å². The fourth-order valence-corrected chi connectivity index (χ4v) is 2.48. The summed E-state index contributed by atoms with van der Waals surface area (Å²) in [7, 11) is 0. The summed E-state index contributed by atoms with van der Waals surface area (Å²) in [6.45, 7) is 3.75. The monoisotopic (exact) mass is 291 g/mol. The van der Waals surface area contributed by atoms with E-state index in [0.29, 0.717) is 11.3 Å². The van der Waals surface area contributed by atoms with Crippen LogP contribution in [0.5, 0.6) is 0 Å². The molecule has 4 nitrogen and oxygen atoms in total. The van der Waals surface area contributed by atoms with E-state index in [2.05, 4.69) is 10.1 Å². The summed E-state index contributed by atoms with van der Waals surface area (Å²) in [5.41, 5.74) is 3.71. The maximum atomic E-state index is 12.7. The second-order valence-electron chi connectivity index (χ2n) is 5.12. The summed E-state index contributed by atoms with van der Waals surface area (Å²) in [5.74, 6) is 0. The largest absolute Gasteiger partial charge is 0.295 e. The summed E-state index contributed by atoms with van der Waals surface area (Å²) >= 11 is 0. The number of aromatic nitrogens is 2. The van der Waals surface area contributed by atoms with E-state index in [9.17, 15) is 4.79 Å². The molecule has 0 aliphatic rings. The predicted octanol–water partition coefficient (Wildman–Crippen LogP) is 3.61. The lowest BCUT2D eigenvalue weighted by molar-refractivity contribution is 0.835. The fourth-order valence-electron chi connectivity index (χ4n) is 2.48. The lowest BCUT2D eigenvalue weighted by Crippen LogP contribution is -2.19. The van der Waals surface area contributed by atoms with E-state index in [4.69, 9.17) is 0 Å². The highest BCUT2D eigenvalue weighted by atomic mass is 16.1. The van der Waals surface area contributed by atoms with E-state index >= 15 is 0 Å². The Kier molecular flexibility index (Phi) is 3.74. The molecule has 0 unspecified atom stereocenters. The summed E-state index contributed by atoms with van der Waals surface area (Å²) in [6, 6.07) is 19.2. The Labute approximate surface area is 128 Å². The number of hydrogen-bond acceptors (Lipinski definition) is 2. The molecular formula is C18H17N3O. The summed E-state index contributed by atoms with van der Waals surface area (Å²) in [5, 5.41) is 3.12. The van der Waals surface area contributed by atoms with Gasteiger partial charge < -0.3 is 0 Å². The molecule has 0 spiro atoms. The molecule has 3 rings (SSSR count). The van der Waals surface area contributed by atoms with Gasteiger partial charge in [-0.15, -0.1) is 0 Å². The van der Waals surface area contributed by atoms with Gasteiger partial charge in [0.15, 0.2) is 0 Å². The molecule has 4 heteroatoms. The highest BCUT2D eigenvalue weighted by Gasteiger charge is 2.14. The third kappa shape index (κ3) is 2.63. The Hall–Kier alpha value is -2.88. The number of aromatic amines is 1. The van der Waals surface area contributed by atoms with Crippen LogP contribution in [0.25, 0.3) is 5.69 Å². The minimum atomic E-state index is -0.0825. The van der Waals surface area contributed by atoms with E-state index in [1.165, 1.54) is 0 Å². The van der Waals surface area contributed by atoms with E-state index < -0.39 is 0 Å². The quantitative estimate of drug-likeness (QED) is 0.736. The van der Waals surface area contributed by atoms with Gasteiger partial charge in [0.1, 0.15) is 0 Å². The van der Waals surface area contributed by atoms with Gasteiger partial charge in [-0.3, -0.25) is 14.9 Å². The van der Waals surface area contributed by atoms with Crippen LogP contribution in [0.2, 0.25) is 0 Å². The molecule has 0 aliphatic carbocycles. The Morgan fingerprint density at radius 1 is 1.00 bits per heavy atom. The van der Waals surface area contributed by atoms with Gasteiger partial charge in [0.05, 0.1) is 22.6 Å². The van der Waals surface area contributed by atoms with Crippen molar-refractivity contribution in [1.29, 1.82) is 0 Å². The molecule has 22 heavy (non-hydrogen) atoms. The number of hydrogen-bond donors (Lipinski definition) is 1. The zero-order chi connectivity index (χ0) is 15.5. The Bertz CT molecular complexity index is 858. The Morgan fingerprint density at radius 3 is 2.23 bits per heavy atom. The predicted molar refractivity (Wildman–Crippen MR) is 89.4 cm³/mol. The van der Waals surface area contributed by atoms with Crippen molar-refractivity contribution in [3.8, 4) is 5.69 Å². The maximum Gasteiger partial charge on any atom is 0.280 e. The van der Waals surface area contributed by atoms with Gasteiger partial charge in [-0.1, -0.05) is 36.4 Å². The number of H-pyrrole nitrogens is 1. The fraction of sp³-hybridized carbons (Fsp3) is 0.111. The van der Waals surface area contributed by atoms with Gasteiger partial charge in [-0.25, -0.2) is 4.68 Å². The van der Waals surface area contributed by atoms with Crippen LogP contribution in [0.4, 0.5) is 5.69 Å². The molecule has 0 saturated carbocycles. The van der Waals surface area contributed by atoms with Crippen molar-refractivity contribution >= 4 is 11.4 Å². The van der Waals surface area contributed by atoms with Crippen LogP contribution in [0, 0.1) is 6.92 Å². The van der Waals surface area contributed by atoms with Crippen molar-refractivity contribution in [2.45, 2.75) is 13.8 Å². The molecule has 0 fully saturated rings. The molecule has 110 valence electrons. The van der Waals surface area contributed by atoms with Crippen molar-refractivity contribution < 1.29 is 0 Å². The van der Waals surface area contributed by atoms with Crippen molar-refractivity contribution in [3.05, 3.63) is 82.3 Å². The second-order valence-corrected chi connectivity index (χ2v) is 5.12. The Morgan fingerprint density at radius 2 is 1.59 bits per heavy atom. The first kappa shape index (κ1) is 14.1. The van der Waals surface area contributed by atoms with Crippen molar-refractivity contribution in [2.24, 2.45) is 4.99 Å². The van der Waals surface area contributed by atoms with Gasteiger partial charge >= 0.3 is 0 Å². The number of rotatable bonds is 3. The van der Waals surface area contributed by atoms with Gasteiger partial charge in [0.2, 0.25) is 0 Å². The molecule has 0 amide bonds. The molecule has 0 atom stereocenters. The molecule has 1 aromatic heterocycles. The number of benzene rings is 2. The molecule has 0 aliphatic heterocycles. The summed E-state index contributed by atoms with van der Waals surface area (Å²) in [6.07, 6.45) is 0. The lowest BCUT2D eigenvalue weighted by Gasteiger charge is -1.99. The highest BCUT2D eigenvalue weighted by molar-refractivity contribution is 6.00. The molecule has 1 N–H and O–H groups in total. The lowest BCUT2D eigenvalue weighted by atomic mass is 10.1. The van der Waals surface area contributed by atoms with Crippen LogP contribution in [-0.4, -0.2) is 15.5 Å². The minimum absolute atomic E-state index is 0.0825. The second kappa shape index (κ2) is 5.85. The van der Waals surface area contributed by atoms with Crippen molar-refractivity contribution in [3.63, 3.8) is 0 Å². The standard InChI is InChI=1S/C18H17N3O/c1-13(19-15-9-5-3-6-10-15)17-14(2)20-21(18(17)22)16-11-7-4-8-12-16/h3-12,20H,1-2H3. The maximum absolute atomic E-state index is 12.7. The summed E-state index contributed by atoms with van der Waals surface area (Å²) < 4.78 is 1.55. The average molecular weight is 291 g/mol. The van der Waals surface area contributed by atoms with E-state index in [1.807, 2.05) is 74.5 Å². The summed E-state index contributed by atoms with van der Waals surface area (Å²) in [4.78, 5) is 17.2. The third-order valence-corrected chi connectivity index (χ3v) is 3.50. The van der Waals surface area contributed by atoms with Crippen LogP contribution >= 0.6 is 0 Å². The number of nitrogens with one attached hydrogen (secondary N) is 1. The van der Waals surface area contributed by atoms with E-state index in [-0.39, 0.29) is 5.56 Å². The first-order valence-corrected chi connectivity index (χ1v) is 7.14. The average Bonchev–Trinajstić information content (AvgIpc) is 2.84.